The van der Waals surface area contributed by atoms with Gasteiger partial charge in [0.15, 0.2) is 0 Å². The van der Waals surface area contributed by atoms with Crippen LogP contribution in [0, 0.1) is 19.8 Å². The van der Waals surface area contributed by atoms with E-state index in [1.54, 1.807) is 64.2 Å². The molecule has 0 unspecified atom stereocenters. The lowest BCUT2D eigenvalue weighted by molar-refractivity contribution is -0.129. The van der Waals surface area contributed by atoms with Crippen LogP contribution in [-0.4, -0.2) is 150 Å². The molecule has 504 valence electrons. The van der Waals surface area contributed by atoms with Crippen LogP contribution in [0.15, 0.2) is 102 Å². The Balaban J connectivity index is 0.000000184. The molecule has 8 aromatic rings. The van der Waals surface area contributed by atoms with Crippen molar-refractivity contribution in [2.24, 2.45) is 5.92 Å². The molecule has 0 spiro atoms. The summed E-state index contributed by atoms with van der Waals surface area (Å²) in [5, 5.41) is 12.9. The molecule has 8 amide bonds. The summed E-state index contributed by atoms with van der Waals surface area (Å²) in [6.07, 6.45) is 18.9. The van der Waals surface area contributed by atoms with Gasteiger partial charge in [0.1, 0.15) is 34.1 Å². The van der Waals surface area contributed by atoms with E-state index in [0.717, 1.165) is 151 Å². The summed E-state index contributed by atoms with van der Waals surface area (Å²) in [6.45, 7) is 15.1. The lowest BCUT2D eigenvalue weighted by atomic mass is 9.84. The minimum absolute atomic E-state index is 0.171. The minimum atomic E-state index is -0.526. The maximum Gasteiger partial charge on any atom is 0.410 e. The fourth-order valence-corrected chi connectivity index (χ4v) is 14.8. The zero-order chi connectivity index (χ0) is 67.1. The second kappa shape index (κ2) is 27.3. The largest absolute Gasteiger partial charge is 0.497 e. The van der Waals surface area contributed by atoms with E-state index in [1.807, 2.05) is 82.4 Å². The number of anilines is 3. The molecule has 2 N–H and O–H groups in total. The number of benzene rings is 2. The smallest absolute Gasteiger partial charge is 0.410 e. The molecule has 24 heteroatoms. The topological polar surface area (TPSA) is 246 Å². The third kappa shape index (κ3) is 13.7. The van der Waals surface area contributed by atoms with E-state index in [9.17, 15) is 33.6 Å². The quantitative estimate of drug-likeness (QED) is 0.0969. The van der Waals surface area contributed by atoms with Crippen LogP contribution in [0.4, 0.5) is 31.4 Å². The van der Waals surface area contributed by atoms with Crippen LogP contribution >= 0.6 is 0 Å². The Morgan fingerprint density at radius 3 is 1.92 bits per heavy atom. The van der Waals surface area contributed by atoms with Crippen molar-refractivity contribution in [2.45, 2.75) is 154 Å². The predicted molar refractivity (Wildman–Crippen MR) is 365 cm³/mol. The number of fused-ring (bicyclic) bond motifs is 3. The van der Waals surface area contributed by atoms with Crippen LogP contribution < -0.4 is 35.5 Å². The number of piperidine rings is 2. The molecular formula is C72H86N14O10. The van der Waals surface area contributed by atoms with E-state index >= 15 is 0 Å². The Bertz CT molecular complexity index is 4330. The van der Waals surface area contributed by atoms with Crippen LogP contribution in [0.25, 0.3) is 33.0 Å². The number of rotatable bonds is 15. The highest BCUT2D eigenvalue weighted by atomic mass is 16.6. The molecule has 14 rings (SSSR count). The van der Waals surface area contributed by atoms with Crippen molar-refractivity contribution in [1.82, 2.24) is 53.5 Å². The fourth-order valence-electron chi connectivity index (χ4n) is 14.8. The molecule has 2 saturated carbocycles. The summed E-state index contributed by atoms with van der Waals surface area (Å²) in [5.41, 5.74) is 7.00. The molecule has 6 fully saturated rings. The number of nitrogens with zero attached hydrogens (tertiary/aromatic N) is 12. The van der Waals surface area contributed by atoms with Crippen molar-refractivity contribution in [1.29, 1.82) is 0 Å². The number of nitrogens with one attached hydrogen (secondary N) is 2. The number of aromatic nitrogens is 7. The number of likely N-dealkylation sites (tertiary alicyclic amines) is 2. The van der Waals surface area contributed by atoms with Crippen LogP contribution in [0.3, 0.4) is 0 Å². The first-order valence-corrected chi connectivity index (χ1v) is 33.9. The second-order valence-corrected chi connectivity index (χ2v) is 27.5. The summed E-state index contributed by atoms with van der Waals surface area (Å²) < 4.78 is 24.7. The maximum absolute atomic E-state index is 13.6. The number of hydrogen-bond acceptors (Lipinski definition) is 14. The van der Waals surface area contributed by atoms with Gasteiger partial charge in [-0.3, -0.25) is 43.9 Å². The lowest BCUT2D eigenvalue weighted by Gasteiger charge is -2.35. The van der Waals surface area contributed by atoms with Gasteiger partial charge in [0, 0.05) is 129 Å². The Kier molecular flexibility index (Phi) is 18.5. The maximum atomic E-state index is 13.6. The number of methoxy groups -OCH3 is 2. The summed E-state index contributed by atoms with van der Waals surface area (Å²) >= 11 is 0. The number of aryl methyl sites for hydroxylation is 2. The zero-order valence-electron chi connectivity index (χ0n) is 55.9. The van der Waals surface area contributed by atoms with Gasteiger partial charge in [0.25, 0.3) is 11.5 Å². The molecule has 2 aromatic carbocycles. The Labute approximate surface area is 557 Å². The summed E-state index contributed by atoms with van der Waals surface area (Å²) in [7, 11) is 3.14. The highest BCUT2D eigenvalue weighted by molar-refractivity contribution is 6.11. The molecule has 0 atom stereocenters. The van der Waals surface area contributed by atoms with Gasteiger partial charge < -0.3 is 43.0 Å². The molecule has 0 radical (unpaired) electrons. The first-order valence-electron chi connectivity index (χ1n) is 33.9. The van der Waals surface area contributed by atoms with Crippen LogP contribution in [0.1, 0.15) is 156 Å². The number of hydrogen-bond donors (Lipinski definition) is 2. The normalized spacial score (nSPS) is 19.4. The van der Waals surface area contributed by atoms with Gasteiger partial charge in [0.2, 0.25) is 11.8 Å². The van der Waals surface area contributed by atoms with E-state index in [0.29, 0.717) is 61.9 Å². The van der Waals surface area contributed by atoms with Crippen LogP contribution in [-0.2, 0) is 20.9 Å². The molecule has 6 aliphatic rings. The summed E-state index contributed by atoms with van der Waals surface area (Å²) in [5.74, 6) is 1.03. The highest BCUT2D eigenvalue weighted by Gasteiger charge is 2.37. The standard InChI is InChI=1S/C42H49N9O5.C30H37N5O5/c1-26-22-32-36(49-21-15-38(52)45-42(49)55)11-16-43-39(32)51(26)31-13-19-47(20-14-31)18-12-27-5-7-30(8-6-27)50-25-28-23-33(37(56-2)24-35(28)46-50)40(53)44-34-4-3-17-48(41(34)54)29-9-10-29;1-20-18-24-25(33-17-13-26(36)34(28(33)37)19-21-6-8-23(39-5)9-7-21)10-14-31-27(24)35(20)22-11-15-32(16-12-22)29(38)40-30(2,3)4/h3-4,11,16-17,22-25,27,29-31H,5-10,12-15,18-21H2,1-2H3,(H,44,53)(H,45,52,55);6-10,14,18,22H,11-13,15-17,19H2,1-5H3. The second-order valence-electron chi connectivity index (χ2n) is 27.5. The molecule has 6 aromatic heterocycles. The third-order valence-corrected chi connectivity index (χ3v) is 20.0. The zero-order valence-corrected chi connectivity index (χ0v) is 55.9. The Morgan fingerprint density at radius 1 is 0.677 bits per heavy atom. The third-order valence-electron chi connectivity index (χ3n) is 20.0. The van der Waals surface area contributed by atoms with Gasteiger partial charge in [0.05, 0.1) is 49.3 Å². The van der Waals surface area contributed by atoms with Crippen molar-refractivity contribution in [3.05, 3.63) is 130 Å². The van der Waals surface area contributed by atoms with Gasteiger partial charge in [-0.1, -0.05) is 12.1 Å². The molecule has 2 aliphatic carbocycles. The van der Waals surface area contributed by atoms with Crippen molar-refractivity contribution in [3.8, 4) is 11.5 Å². The number of urea groups is 2. The van der Waals surface area contributed by atoms with Crippen molar-refractivity contribution < 1.29 is 43.0 Å². The molecule has 0 bridgehead atoms. The van der Waals surface area contributed by atoms with E-state index in [1.165, 1.54) is 11.3 Å². The first-order chi connectivity index (χ1) is 46.3. The SMILES string of the molecule is COc1cc2nn(C3CCC(CCN4CCC(n5c(C)cc6c(N7CCC(=O)NC7=O)ccnc65)CC4)CC3)cc2cc1C(=O)Nc1cccn(C2CC2)c1=O.COc1ccc(CN2C(=O)CCN(c3ccnc4c3cc(C)n4C3CCN(C(=O)OC(C)(C)C)CC3)C2=O)cc1. The number of amides is 8. The highest BCUT2D eigenvalue weighted by Crippen LogP contribution is 2.40. The van der Waals surface area contributed by atoms with Gasteiger partial charge in [-0.25, -0.2) is 24.4 Å². The predicted octanol–water partition coefficient (Wildman–Crippen LogP) is 11.6. The van der Waals surface area contributed by atoms with Crippen molar-refractivity contribution in [3.63, 3.8) is 0 Å². The lowest BCUT2D eigenvalue weighted by Crippen LogP contribution is -2.52. The first kappa shape index (κ1) is 65.1. The average Bonchev–Trinajstić information content (AvgIpc) is 1.60. The number of carbonyl (C=O) groups is 6. The molecule has 4 aliphatic heterocycles. The number of imide groups is 2. The van der Waals surface area contributed by atoms with Crippen LogP contribution in [0.5, 0.6) is 11.5 Å². The van der Waals surface area contributed by atoms with Crippen molar-refractivity contribution in [2.75, 3.05) is 75.1 Å². The number of pyridine rings is 3. The Morgan fingerprint density at radius 2 is 1.30 bits per heavy atom. The van der Waals surface area contributed by atoms with E-state index in [2.05, 4.69) is 48.4 Å². The Hall–Kier alpha value is -9.58. The van der Waals surface area contributed by atoms with Crippen molar-refractivity contribution >= 4 is 85.9 Å². The number of carbonyl (C=O) groups excluding carboxylic acids is 6. The molecule has 10 heterocycles. The van der Waals surface area contributed by atoms with E-state index < -0.39 is 5.60 Å². The molecule has 24 nitrogen and oxygen atoms in total. The molecule has 96 heavy (non-hydrogen) atoms. The van der Waals surface area contributed by atoms with Gasteiger partial charge in [-0.05, 0) is 178 Å². The van der Waals surface area contributed by atoms with Gasteiger partial charge >= 0.3 is 18.2 Å². The minimum Gasteiger partial charge on any atom is -0.497 e. The molecular weight excluding hydrogens is 1220 g/mol. The summed E-state index contributed by atoms with van der Waals surface area (Å²) in [4.78, 5) is 108. The monoisotopic (exact) mass is 1310 g/mol. The van der Waals surface area contributed by atoms with Crippen LogP contribution in [0.2, 0.25) is 0 Å². The fraction of sp³-hybridized carbons (Fsp3) is 0.472. The van der Waals surface area contributed by atoms with Gasteiger partial charge in [-0.2, -0.15) is 5.10 Å². The molecule has 4 saturated heterocycles. The number of ether oxygens (including phenoxy) is 3. The van der Waals surface area contributed by atoms with E-state index in [-0.39, 0.29) is 72.2 Å². The summed E-state index contributed by atoms with van der Waals surface area (Å²) in [6, 6.07) is 22.7. The van der Waals surface area contributed by atoms with Gasteiger partial charge in [-0.15, -0.1) is 0 Å². The van der Waals surface area contributed by atoms with E-state index in [4.69, 9.17) is 29.3 Å². The average molecular weight is 1310 g/mol.